The minimum absolute atomic E-state index is 0.177. The van der Waals surface area contributed by atoms with Gasteiger partial charge in [-0.05, 0) is 18.9 Å². The van der Waals surface area contributed by atoms with E-state index in [1.165, 1.54) is 0 Å². The number of benzene rings is 1. The molecule has 0 saturated heterocycles. The largest absolute Gasteiger partial charge is 0.481 e. The van der Waals surface area contributed by atoms with Crippen molar-refractivity contribution in [3.05, 3.63) is 35.9 Å². The minimum Gasteiger partial charge on any atom is -0.481 e. The van der Waals surface area contributed by atoms with Gasteiger partial charge in [-0.15, -0.1) is 0 Å². The fourth-order valence-corrected chi connectivity index (χ4v) is 1.79. The Morgan fingerprint density at radius 2 is 1.89 bits per heavy atom. The number of ether oxygens (including phenoxy) is 1. The van der Waals surface area contributed by atoms with Crippen LogP contribution < -0.4 is 0 Å². The maximum absolute atomic E-state index is 11.3. The lowest BCUT2D eigenvalue weighted by Gasteiger charge is -2.18. The van der Waals surface area contributed by atoms with E-state index in [2.05, 4.69) is 0 Å². The Bertz CT molecular complexity index is 415. The van der Waals surface area contributed by atoms with Crippen LogP contribution in [-0.4, -0.2) is 34.9 Å². The highest BCUT2D eigenvalue weighted by Crippen LogP contribution is 2.16. The van der Waals surface area contributed by atoms with Crippen LogP contribution >= 0.6 is 0 Å². The molecule has 5 nitrogen and oxygen atoms in total. The Morgan fingerprint density at radius 1 is 1.26 bits per heavy atom. The van der Waals surface area contributed by atoms with Gasteiger partial charge in [0.05, 0.1) is 25.0 Å². The van der Waals surface area contributed by atoms with Crippen molar-refractivity contribution in [3.8, 4) is 0 Å². The van der Waals surface area contributed by atoms with E-state index in [4.69, 9.17) is 9.84 Å². The van der Waals surface area contributed by atoms with Gasteiger partial charge in [0, 0.05) is 0 Å². The number of carboxylic acid groups (broad SMARTS) is 1. The van der Waals surface area contributed by atoms with Crippen LogP contribution in [-0.2, 0) is 20.7 Å². The predicted molar refractivity (Wildman–Crippen MR) is 68.5 cm³/mol. The molecule has 0 saturated carbocycles. The summed E-state index contributed by atoms with van der Waals surface area (Å²) in [6.07, 6.45) is -1.38. The number of hydrogen-bond acceptors (Lipinski definition) is 4. The molecule has 1 rings (SSSR count). The predicted octanol–water partition coefficient (Wildman–Crippen LogP) is 1.24. The smallest absolute Gasteiger partial charge is 0.309 e. The average molecular weight is 266 g/mol. The molecule has 104 valence electrons. The average Bonchev–Trinajstić information content (AvgIpc) is 2.36. The molecule has 2 unspecified atom stereocenters. The maximum Gasteiger partial charge on any atom is 0.309 e. The number of hydrogen-bond donors (Lipinski definition) is 2. The Hall–Kier alpha value is -1.88. The fraction of sp³-hybridized carbons (Fsp3) is 0.429. The molecular weight excluding hydrogens is 248 g/mol. The number of carbonyl (C=O) groups is 2. The zero-order chi connectivity index (χ0) is 14.3. The number of aliphatic carboxylic acids is 1. The first kappa shape index (κ1) is 15.2. The number of esters is 1. The maximum atomic E-state index is 11.3. The number of aliphatic hydroxyl groups is 1. The summed E-state index contributed by atoms with van der Waals surface area (Å²) in [5.41, 5.74) is 0.804. The third kappa shape index (κ3) is 5.09. The molecule has 0 aromatic heterocycles. The van der Waals surface area contributed by atoms with Gasteiger partial charge in [0.2, 0.25) is 0 Å². The lowest BCUT2D eigenvalue weighted by atomic mass is 9.92. The van der Waals surface area contributed by atoms with Crippen molar-refractivity contribution in [3.63, 3.8) is 0 Å². The van der Waals surface area contributed by atoms with Crippen molar-refractivity contribution in [2.24, 2.45) is 5.92 Å². The minimum atomic E-state index is -1.25. The van der Waals surface area contributed by atoms with Crippen molar-refractivity contribution < 1.29 is 24.5 Å². The zero-order valence-corrected chi connectivity index (χ0v) is 10.8. The second kappa shape index (κ2) is 7.53. The lowest BCUT2D eigenvalue weighted by Crippen LogP contribution is -2.32. The molecule has 0 spiro atoms. The van der Waals surface area contributed by atoms with Gasteiger partial charge in [0.25, 0.3) is 0 Å². The van der Waals surface area contributed by atoms with Gasteiger partial charge in [-0.3, -0.25) is 9.59 Å². The summed E-state index contributed by atoms with van der Waals surface area (Å²) < 4.78 is 4.70. The van der Waals surface area contributed by atoms with Gasteiger partial charge in [-0.2, -0.15) is 0 Å². The van der Waals surface area contributed by atoms with Crippen molar-refractivity contribution in [2.75, 3.05) is 6.61 Å². The van der Waals surface area contributed by atoms with Crippen LogP contribution in [0.25, 0.3) is 0 Å². The number of rotatable bonds is 7. The summed E-state index contributed by atoms with van der Waals surface area (Å²) >= 11 is 0. The standard InChI is InChI=1S/C14H18O5/c1-2-19-13(16)9-12(15)11(14(17)18)8-10-6-4-3-5-7-10/h3-7,11-12,15H,2,8-9H2,1H3,(H,17,18). The Morgan fingerprint density at radius 3 is 2.42 bits per heavy atom. The summed E-state index contributed by atoms with van der Waals surface area (Å²) in [5.74, 6) is -2.73. The monoisotopic (exact) mass is 266 g/mol. The van der Waals surface area contributed by atoms with E-state index in [1.54, 1.807) is 31.2 Å². The molecule has 1 aromatic rings. The first-order valence-electron chi connectivity index (χ1n) is 6.15. The Balaban J connectivity index is 2.67. The van der Waals surface area contributed by atoms with E-state index in [9.17, 15) is 14.7 Å². The highest BCUT2D eigenvalue weighted by molar-refractivity contribution is 5.74. The summed E-state index contributed by atoms with van der Waals surface area (Å²) in [5, 5.41) is 19.0. The van der Waals surface area contributed by atoms with E-state index in [-0.39, 0.29) is 19.4 Å². The summed E-state index contributed by atoms with van der Waals surface area (Å²) in [7, 11) is 0. The lowest BCUT2D eigenvalue weighted by molar-refractivity contribution is -0.150. The molecule has 0 heterocycles. The van der Waals surface area contributed by atoms with Crippen molar-refractivity contribution in [2.45, 2.75) is 25.9 Å². The molecule has 0 fully saturated rings. The third-order valence-corrected chi connectivity index (χ3v) is 2.76. The molecule has 0 bridgehead atoms. The Kier molecular flexibility index (Phi) is 6.02. The number of carbonyl (C=O) groups excluding carboxylic acids is 1. The molecule has 0 aliphatic carbocycles. The van der Waals surface area contributed by atoms with Crippen LogP contribution in [0.15, 0.2) is 30.3 Å². The molecule has 0 aliphatic heterocycles. The first-order valence-corrected chi connectivity index (χ1v) is 6.15. The van der Waals surface area contributed by atoms with Crippen molar-refractivity contribution in [1.29, 1.82) is 0 Å². The SMILES string of the molecule is CCOC(=O)CC(O)C(Cc1ccccc1)C(=O)O. The molecule has 19 heavy (non-hydrogen) atoms. The third-order valence-electron chi connectivity index (χ3n) is 2.76. The highest BCUT2D eigenvalue weighted by atomic mass is 16.5. The molecule has 0 aliphatic rings. The van der Waals surface area contributed by atoms with Crippen LogP contribution in [0.5, 0.6) is 0 Å². The molecule has 0 radical (unpaired) electrons. The summed E-state index contributed by atoms with van der Waals surface area (Å²) in [6.45, 7) is 1.87. The van der Waals surface area contributed by atoms with Gasteiger partial charge in [0.15, 0.2) is 0 Å². The van der Waals surface area contributed by atoms with Crippen LogP contribution in [0.3, 0.4) is 0 Å². The molecular formula is C14H18O5. The first-order chi connectivity index (χ1) is 9.04. The second-order valence-electron chi connectivity index (χ2n) is 4.21. The zero-order valence-electron chi connectivity index (χ0n) is 10.8. The summed E-state index contributed by atoms with van der Waals surface area (Å²) in [6, 6.07) is 8.99. The van der Waals surface area contributed by atoms with E-state index in [0.717, 1.165) is 5.56 Å². The van der Waals surface area contributed by atoms with Gasteiger partial charge < -0.3 is 14.9 Å². The molecule has 2 N–H and O–H groups in total. The number of carboxylic acids is 1. The molecule has 2 atom stereocenters. The van der Waals surface area contributed by atoms with Crippen LogP contribution in [0.4, 0.5) is 0 Å². The van der Waals surface area contributed by atoms with Gasteiger partial charge in [0.1, 0.15) is 0 Å². The van der Waals surface area contributed by atoms with E-state index < -0.39 is 24.0 Å². The van der Waals surface area contributed by atoms with Gasteiger partial charge >= 0.3 is 11.9 Å². The Labute approximate surface area is 111 Å². The van der Waals surface area contributed by atoms with Gasteiger partial charge in [-0.25, -0.2) is 0 Å². The topological polar surface area (TPSA) is 83.8 Å². The van der Waals surface area contributed by atoms with Crippen molar-refractivity contribution in [1.82, 2.24) is 0 Å². The van der Waals surface area contributed by atoms with Crippen LogP contribution in [0.2, 0.25) is 0 Å². The molecule has 0 amide bonds. The van der Waals surface area contributed by atoms with E-state index in [0.29, 0.717) is 0 Å². The quantitative estimate of drug-likeness (QED) is 0.725. The normalized spacial score (nSPS) is 13.6. The van der Waals surface area contributed by atoms with Crippen LogP contribution in [0, 0.1) is 5.92 Å². The fourth-order valence-electron chi connectivity index (χ4n) is 1.79. The van der Waals surface area contributed by atoms with Crippen LogP contribution in [0.1, 0.15) is 18.9 Å². The van der Waals surface area contributed by atoms with Gasteiger partial charge in [-0.1, -0.05) is 30.3 Å². The number of aliphatic hydroxyl groups excluding tert-OH is 1. The second-order valence-corrected chi connectivity index (χ2v) is 4.21. The molecule has 1 aromatic carbocycles. The highest BCUT2D eigenvalue weighted by Gasteiger charge is 2.28. The van der Waals surface area contributed by atoms with E-state index in [1.807, 2.05) is 6.07 Å². The van der Waals surface area contributed by atoms with E-state index >= 15 is 0 Å². The summed E-state index contributed by atoms with van der Waals surface area (Å²) in [4.78, 5) is 22.4. The van der Waals surface area contributed by atoms with Crippen molar-refractivity contribution >= 4 is 11.9 Å². The molecule has 5 heteroatoms.